The molecule has 0 bridgehead atoms. The summed E-state index contributed by atoms with van der Waals surface area (Å²) in [4.78, 5) is 23.7. The summed E-state index contributed by atoms with van der Waals surface area (Å²) in [5.41, 5.74) is 3.58. The minimum atomic E-state index is -0.413. The number of aryl methyl sites for hydroxylation is 1. The first kappa shape index (κ1) is 22.9. The molecule has 0 radical (unpaired) electrons. The van der Waals surface area contributed by atoms with Gasteiger partial charge in [-0.3, -0.25) is 4.79 Å². The Hall–Kier alpha value is -2.78. The van der Waals surface area contributed by atoms with Crippen LogP contribution in [0.5, 0.6) is 0 Å². The molecular weight excluding hydrogens is 432 g/mol. The van der Waals surface area contributed by atoms with Crippen molar-refractivity contribution in [2.45, 2.75) is 23.6 Å². The van der Waals surface area contributed by atoms with Gasteiger partial charge in [0.2, 0.25) is 5.91 Å². The maximum absolute atomic E-state index is 12.2. The van der Waals surface area contributed by atoms with Gasteiger partial charge in [-0.2, -0.15) is 0 Å². The first-order chi connectivity index (χ1) is 15.0. The van der Waals surface area contributed by atoms with E-state index < -0.39 is 5.97 Å². The van der Waals surface area contributed by atoms with E-state index in [2.05, 4.69) is 51.4 Å². The van der Waals surface area contributed by atoms with Crippen LogP contribution >= 0.6 is 23.5 Å². The molecule has 7 nitrogen and oxygen atoms in total. The summed E-state index contributed by atoms with van der Waals surface area (Å²) in [5, 5.41) is 12.0. The highest BCUT2D eigenvalue weighted by Crippen LogP contribution is 2.21. The SMILES string of the molecule is COC(=O)c1ccc(NC(=O)CSc2nnc(CSCc3ccc(C)cc3)n2C)cc1. The second kappa shape index (κ2) is 11.0. The van der Waals surface area contributed by atoms with E-state index in [9.17, 15) is 9.59 Å². The molecule has 1 aromatic heterocycles. The van der Waals surface area contributed by atoms with Crippen molar-refractivity contribution in [1.29, 1.82) is 0 Å². The van der Waals surface area contributed by atoms with Crippen LogP contribution in [0.15, 0.2) is 53.7 Å². The molecule has 0 saturated carbocycles. The van der Waals surface area contributed by atoms with E-state index in [0.717, 1.165) is 17.3 Å². The number of methoxy groups -OCH3 is 1. The van der Waals surface area contributed by atoms with Gasteiger partial charge in [-0.25, -0.2) is 4.79 Å². The molecular formula is C22H24N4O3S2. The van der Waals surface area contributed by atoms with Gasteiger partial charge >= 0.3 is 5.97 Å². The number of thioether (sulfide) groups is 2. The zero-order valence-electron chi connectivity index (χ0n) is 17.6. The van der Waals surface area contributed by atoms with Crippen LogP contribution in [0, 0.1) is 6.92 Å². The third-order valence-electron chi connectivity index (χ3n) is 4.47. The van der Waals surface area contributed by atoms with Gasteiger partial charge in [0.1, 0.15) is 5.82 Å². The number of nitrogens with zero attached hydrogens (tertiary/aromatic N) is 3. The molecule has 2 aromatic carbocycles. The van der Waals surface area contributed by atoms with Crippen molar-refractivity contribution < 1.29 is 14.3 Å². The zero-order valence-corrected chi connectivity index (χ0v) is 19.3. The number of amides is 1. The predicted molar refractivity (Wildman–Crippen MR) is 124 cm³/mol. The Morgan fingerprint density at radius 2 is 1.74 bits per heavy atom. The van der Waals surface area contributed by atoms with Crippen LogP contribution in [-0.4, -0.2) is 39.5 Å². The summed E-state index contributed by atoms with van der Waals surface area (Å²) in [6, 6.07) is 15.1. The standard InChI is InChI=1S/C22H24N4O3S2/c1-15-4-6-16(7-5-15)12-30-13-19-24-25-22(26(19)2)31-14-20(27)23-18-10-8-17(9-11-18)21(28)29-3/h4-11H,12-14H2,1-3H3,(H,23,27). The number of anilines is 1. The second-order valence-corrected chi connectivity index (χ2v) is 8.77. The normalized spacial score (nSPS) is 10.7. The van der Waals surface area contributed by atoms with Crippen LogP contribution in [0.25, 0.3) is 0 Å². The summed E-state index contributed by atoms with van der Waals surface area (Å²) < 4.78 is 6.58. The number of carbonyl (C=O) groups is 2. The van der Waals surface area contributed by atoms with Gasteiger partial charge in [-0.05, 0) is 36.8 Å². The number of benzene rings is 2. The minimum Gasteiger partial charge on any atom is -0.465 e. The molecule has 1 N–H and O–H groups in total. The third-order valence-corrected chi connectivity index (χ3v) is 6.49. The fourth-order valence-corrected chi connectivity index (χ4v) is 4.37. The third kappa shape index (κ3) is 6.60. The monoisotopic (exact) mass is 456 g/mol. The number of hydrogen-bond acceptors (Lipinski definition) is 7. The smallest absolute Gasteiger partial charge is 0.337 e. The molecule has 31 heavy (non-hydrogen) atoms. The Balaban J connectivity index is 1.46. The second-order valence-electron chi connectivity index (χ2n) is 6.84. The molecule has 0 spiro atoms. The van der Waals surface area contributed by atoms with Crippen LogP contribution in [0.1, 0.15) is 27.3 Å². The van der Waals surface area contributed by atoms with Crippen molar-refractivity contribution in [3.63, 3.8) is 0 Å². The Morgan fingerprint density at radius 3 is 2.42 bits per heavy atom. The largest absolute Gasteiger partial charge is 0.465 e. The first-order valence-corrected chi connectivity index (χ1v) is 11.7. The van der Waals surface area contributed by atoms with Gasteiger partial charge in [-0.15, -0.1) is 22.0 Å². The highest BCUT2D eigenvalue weighted by atomic mass is 32.2. The molecule has 0 unspecified atom stereocenters. The van der Waals surface area contributed by atoms with Gasteiger partial charge < -0.3 is 14.6 Å². The average Bonchev–Trinajstić information content (AvgIpc) is 3.13. The van der Waals surface area contributed by atoms with E-state index in [1.165, 1.54) is 30.0 Å². The number of ether oxygens (including phenoxy) is 1. The molecule has 1 amide bonds. The molecule has 0 saturated heterocycles. The topological polar surface area (TPSA) is 86.1 Å². The number of hydrogen-bond donors (Lipinski definition) is 1. The van der Waals surface area contributed by atoms with Gasteiger partial charge in [0.25, 0.3) is 0 Å². The van der Waals surface area contributed by atoms with E-state index in [4.69, 9.17) is 0 Å². The van der Waals surface area contributed by atoms with Gasteiger partial charge in [0, 0.05) is 18.5 Å². The number of esters is 1. The van der Waals surface area contributed by atoms with E-state index in [1.54, 1.807) is 36.0 Å². The minimum absolute atomic E-state index is 0.158. The molecule has 3 aromatic rings. The molecule has 1 heterocycles. The molecule has 0 atom stereocenters. The van der Waals surface area contributed by atoms with Crippen LogP contribution in [-0.2, 0) is 28.1 Å². The summed E-state index contributed by atoms with van der Waals surface area (Å²) >= 11 is 3.11. The van der Waals surface area contributed by atoms with Crippen molar-refractivity contribution in [3.05, 3.63) is 71.0 Å². The van der Waals surface area contributed by atoms with Gasteiger partial charge in [0.05, 0.1) is 24.2 Å². The lowest BCUT2D eigenvalue weighted by Gasteiger charge is -2.06. The van der Waals surface area contributed by atoms with Crippen molar-refractivity contribution in [1.82, 2.24) is 14.8 Å². The Labute approximate surface area is 190 Å². The average molecular weight is 457 g/mol. The number of aromatic nitrogens is 3. The highest BCUT2D eigenvalue weighted by Gasteiger charge is 2.12. The molecule has 9 heteroatoms. The van der Waals surface area contributed by atoms with E-state index in [-0.39, 0.29) is 11.7 Å². The summed E-state index contributed by atoms with van der Waals surface area (Å²) in [5.74, 6) is 2.17. The molecule has 0 aliphatic carbocycles. The maximum atomic E-state index is 12.2. The Morgan fingerprint density at radius 1 is 1.03 bits per heavy atom. The van der Waals surface area contributed by atoms with Gasteiger partial charge in [0.15, 0.2) is 5.16 Å². The molecule has 162 valence electrons. The molecule has 3 rings (SSSR count). The lowest BCUT2D eigenvalue weighted by atomic mass is 10.2. The van der Waals surface area contributed by atoms with Crippen LogP contribution in [0.4, 0.5) is 5.69 Å². The fraction of sp³-hybridized carbons (Fsp3) is 0.273. The predicted octanol–water partition coefficient (Wildman–Crippen LogP) is 4.07. The lowest BCUT2D eigenvalue weighted by Crippen LogP contribution is -2.14. The molecule has 0 fully saturated rings. The number of carbonyl (C=O) groups excluding carboxylic acids is 2. The van der Waals surface area contributed by atoms with Crippen molar-refractivity contribution in [2.24, 2.45) is 7.05 Å². The van der Waals surface area contributed by atoms with Crippen molar-refractivity contribution in [3.8, 4) is 0 Å². The number of rotatable bonds is 9. The van der Waals surface area contributed by atoms with Crippen LogP contribution in [0.2, 0.25) is 0 Å². The van der Waals surface area contributed by atoms with E-state index in [0.29, 0.717) is 16.4 Å². The summed E-state index contributed by atoms with van der Waals surface area (Å²) in [6.45, 7) is 2.08. The highest BCUT2D eigenvalue weighted by molar-refractivity contribution is 7.99. The molecule has 0 aliphatic heterocycles. The van der Waals surface area contributed by atoms with Crippen LogP contribution in [0.3, 0.4) is 0 Å². The Bertz CT molecular complexity index is 1030. The first-order valence-electron chi connectivity index (χ1n) is 9.59. The summed E-state index contributed by atoms with van der Waals surface area (Å²) in [6.07, 6.45) is 0. The van der Waals surface area contributed by atoms with Crippen LogP contribution < -0.4 is 5.32 Å². The number of nitrogens with one attached hydrogen (secondary N) is 1. The van der Waals surface area contributed by atoms with Gasteiger partial charge in [-0.1, -0.05) is 41.6 Å². The Kier molecular flexibility index (Phi) is 8.13. The van der Waals surface area contributed by atoms with E-state index >= 15 is 0 Å². The summed E-state index contributed by atoms with van der Waals surface area (Å²) in [7, 11) is 3.24. The quantitative estimate of drug-likeness (QED) is 0.384. The lowest BCUT2D eigenvalue weighted by molar-refractivity contribution is -0.113. The fourth-order valence-electron chi connectivity index (χ4n) is 2.68. The molecule has 0 aliphatic rings. The van der Waals surface area contributed by atoms with Crippen molar-refractivity contribution >= 4 is 41.1 Å². The van der Waals surface area contributed by atoms with E-state index in [1.807, 2.05) is 11.6 Å². The maximum Gasteiger partial charge on any atom is 0.337 e. The zero-order chi connectivity index (χ0) is 22.2. The van der Waals surface area contributed by atoms with Crippen molar-refractivity contribution in [2.75, 3.05) is 18.2 Å².